The van der Waals surface area contributed by atoms with Crippen LogP contribution in [0.15, 0.2) is 42.7 Å². The second-order valence-corrected chi connectivity index (χ2v) is 8.64. The Kier molecular flexibility index (Phi) is 4.50. The average Bonchev–Trinajstić information content (AvgIpc) is 3.62. The van der Waals surface area contributed by atoms with Crippen molar-refractivity contribution in [2.24, 2.45) is 5.92 Å². The minimum absolute atomic E-state index is 0.136. The predicted octanol–water partition coefficient (Wildman–Crippen LogP) is 2.45. The highest BCUT2D eigenvalue weighted by Crippen LogP contribution is 2.35. The van der Waals surface area contributed by atoms with Crippen LogP contribution in [0.25, 0.3) is 27.9 Å². The molecule has 4 heterocycles. The Morgan fingerprint density at radius 2 is 1.94 bits per heavy atom. The fourth-order valence-electron chi connectivity index (χ4n) is 4.43. The quantitative estimate of drug-likeness (QED) is 0.511. The van der Waals surface area contributed by atoms with Gasteiger partial charge in [0.2, 0.25) is 5.95 Å². The summed E-state index contributed by atoms with van der Waals surface area (Å²) in [6, 6.07) is 10.0. The van der Waals surface area contributed by atoms with Gasteiger partial charge in [0.05, 0.1) is 17.4 Å². The molecular weight excluding hydrogens is 404 g/mol. The summed E-state index contributed by atoms with van der Waals surface area (Å²) in [4.78, 5) is 6.74. The van der Waals surface area contributed by atoms with E-state index in [2.05, 4.69) is 35.7 Å². The van der Waals surface area contributed by atoms with Crippen LogP contribution in [0.2, 0.25) is 0 Å². The molecule has 1 saturated carbocycles. The molecular formula is C23H24N8O. The van der Waals surface area contributed by atoms with E-state index in [1.54, 1.807) is 16.8 Å². The smallest absolute Gasteiger partial charge is 0.245 e. The van der Waals surface area contributed by atoms with Gasteiger partial charge in [0.15, 0.2) is 0 Å². The van der Waals surface area contributed by atoms with Crippen LogP contribution in [0.5, 0.6) is 5.75 Å². The standard InChI is InChI=1S/C23H24N8O/c1-14-21-7-5-17(12-31(21)29-26-14)16-4-6-18(22(32)10-16)19-11-25-23(28-27-19)30-9-8-24-20(13-30)15-2-3-15/h4-7,10-12,15,20,24,32H,2-3,8-9,13H2,1H3/t20-/m1/s1. The van der Waals surface area contributed by atoms with Gasteiger partial charge in [0, 0.05) is 43.0 Å². The molecule has 1 aliphatic heterocycles. The van der Waals surface area contributed by atoms with Gasteiger partial charge in [-0.3, -0.25) is 0 Å². The molecule has 0 bridgehead atoms. The van der Waals surface area contributed by atoms with Crippen molar-refractivity contribution in [3.63, 3.8) is 0 Å². The third-order valence-electron chi connectivity index (χ3n) is 6.43. The molecule has 32 heavy (non-hydrogen) atoms. The first kappa shape index (κ1) is 19.1. The normalized spacial score (nSPS) is 18.9. The number of fused-ring (bicyclic) bond motifs is 1. The van der Waals surface area contributed by atoms with Crippen molar-refractivity contribution in [3.8, 4) is 28.1 Å². The number of phenolic OH excluding ortho intramolecular Hbond substituents is 1. The van der Waals surface area contributed by atoms with Gasteiger partial charge in [-0.25, -0.2) is 9.50 Å². The lowest BCUT2D eigenvalue weighted by atomic mass is 10.0. The van der Waals surface area contributed by atoms with Gasteiger partial charge in [-0.15, -0.1) is 15.3 Å². The van der Waals surface area contributed by atoms with Crippen molar-refractivity contribution >= 4 is 11.5 Å². The first-order valence-electron chi connectivity index (χ1n) is 11.0. The largest absolute Gasteiger partial charge is 0.507 e. The third-order valence-corrected chi connectivity index (χ3v) is 6.43. The molecule has 2 N–H and O–H groups in total. The Morgan fingerprint density at radius 1 is 1.06 bits per heavy atom. The maximum absolute atomic E-state index is 10.7. The molecule has 4 aromatic rings. The number of rotatable bonds is 4. The maximum Gasteiger partial charge on any atom is 0.245 e. The topological polar surface area (TPSA) is 104 Å². The fourth-order valence-corrected chi connectivity index (χ4v) is 4.43. The minimum atomic E-state index is 0.136. The van der Waals surface area contributed by atoms with Crippen molar-refractivity contribution in [3.05, 3.63) is 48.4 Å². The zero-order valence-corrected chi connectivity index (χ0v) is 17.8. The van der Waals surface area contributed by atoms with Gasteiger partial charge in [-0.1, -0.05) is 17.3 Å². The summed E-state index contributed by atoms with van der Waals surface area (Å²) in [7, 11) is 0. The molecule has 1 aliphatic carbocycles. The van der Waals surface area contributed by atoms with Gasteiger partial charge < -0.3 is 15.3 Å². The summed E-state index contributed by atoms with van der Waals surface area (Å²) in [5.74, 6) is 1.57. The maximum atomic E-state index is 10.7. The van der Waals surface area contributed by atoms with E-state index in [1.807, 2.05) is 37.4 Å². The molecule has 1 aromatic carbocycles. The number of nitrogens with one attached hydrogen (secondary N) is 1. The minimum Gasteiger partial charge on any atom is -0.507 e. The van der Waals surface area contributed by atoms with Crippen molar-refractivity contribution < 1.29 is 5.11 Å². The van der Waals surface area contributed by atoms with Crippen LogP contribution in [0, 0.1) is 12.8 Å². The zero-order chi connectivity index (χ0) is 21.7. The van der Waals surface area contributed by atoms with Gasteiger partial charge in [-0.2, -0.15) is 0 Å². The lowest BCUT2D eigenvalue weighted by molar-refractivity contribution is 0.414. The number of pyridine rings is 1. The highest BCUT2D eigenvalue weighted by Gasteiger charge is 2.34. The van der Waals surface area contributed by atoms with E-state index in [0.29, 0.717) is 23.2 Å². The lowest BCUT2D eigenvalue weighted by Crippen LogP contribution is -2.52. The van der Waals surface area contributed by atoms with Crippen molar-refractivity contribution in [2.45, 2.75) is 25.8 Å². The molecule has 3 aromatic heterocycles. The van der Waals surface area contributed by atoms with Crippen molar-refractivity contribution in [2.75, 3.05) is 24.5 Å². The number of phenols is 1. The fraction of sp³-hybridized carbons (Fsp3) is 0.348. The number of hydrogen-bond acceptors (Lipinski definition) is 8. The molecule has 2 fully saturated rings. The molecule has 1 saturated heterocycles. The van der Waals surface area contributed by atoms with Gasteiger partial charge >= 0.3 is 0 Å². The second kappa shape index (κ2) is 7.52. The molecule has 0 unspecified atom stereocenters. The van der Waals surface area contributed by atoms with E-state index >= 15 is 0 Å². The Hall–Kier alpha value is -3.59. The molecule has 2 aliphatic rings. The molecule has 9 nitrogen and oxygen atoms in total. The SMILES string of the molecule is Cc1nnn2cc(-c3ccc(-c4cnc(N5CCN[C@@H](C6CC6)C5)nn4)c(O)c3)ccc12. The molecule has 9 heteroatoms. The highest BCUT2D eigenvalue weighted by atomic mass is 16.3. The highest BCUT2D eigenvalue weighted by molar-refractivity contribution is 5.74. The summed E-state index contributed by atoms with van der Waals surface area (Å²) in [5.41, 5.74) is 4.82. The summed E-state index contributed by atoms with van der Waals surface area (Å²) in [6.07, 6.45) is 6.22. The summed E-state index contributed by atoms with van der Waals surface area (Å²) >= 11 is 0. The number of aryl methyl sites for hydroxylation is 1. The number of nitrogens with zero attached hydrogens (tertiary/aromatic N) is 7. The van der Waals surface area contributed by atoms with E-state index in [9.17, 15) is 5.11 Å². The lowest BCUT2D eigenvalue weighted by Gasteiger charge is -2.33. The summed E-state index contributed by atoms with van der Waals surface area (Å²) < 4.78 is 1.74. The first-order chi connectivity index (χ1) is 15.7. The number of aromatic nitrogens is 6. The van der Waals surface area contributed by atoms with Crippen LogP contribution in [0.1, 0.15) is 18.5 Å². The van der Waals surface area contributed by atoms with Gasteiger partial charge in [0.1, 0.15) is 11.4 Å². The predicted molar refractivity (Wildman–Crippen MR) is 120 cm³/mol. The Balaban J connectivity index is 1.23. The number of hydrogen-bond donors (Lipinski definition) is 2. The Labute approximate surface area is 185 Å². The van der Waals surface area contributed by atoms with Crippen LogP contribution in [0.4, 0.5) is 5.95 Å². The molecule has 0 amide bonds. The summed E-state index contributed by atoms with van der Waals surface area (Å²) in [5, 5.41) is 31.2. The van der Waals surface area contributed by atoms with Gasteiger partial charge in [-0.05, 0) is 49.4 Å². The van der Waals surface area contributed by atoms with E-state index in [-0.39, 0.29) is 5.75 Å². The molecule has 0 radical (unpaired) electrons. The van der Waals surface area contributed by atoms with E-state index < -0.39 is 0 Å². The first-order valence-corrected chi connectivity index (χ1v) is 11.0. The van der Waals surface area contributed by atoms with Crippen LogP contribution < -0.4 is 10.2 Å². The second-order valence-electron chi connectivity index (χ2n) is 8.64. The van der Waals surface area contributed by atoms with Crippen LogP contribution in [-0.2, 0) is 0 Å². The molecule has 162 valence electrons. The molecule has 1 atom stereocenters. The van der Waals surface area contributed by atoms with Crippen molar-refractivity contribution in [1.29, 1.82) is 0 Å². The van der Waals surface area contributed by atoms with Crippen LogP contribution in [-0.4, -0.2) is 60.8 Å². The van der Waals surface area contributed by atoms with E-state index in [0.717, 1.165) is 47.9 Å². The Bertz CT molecular complexity index is 1280. The van der Waals surface area contributed by atoms with Gasteiger partial charge in [0.25, 0.3) is 0 Å². The number of aromatic hydroxyl groups is 1. The molecule has 0 spiro atoms. The van der Waals surface area contributed by atoms with Crippen LogP contribution in [0.3, 0.4) is 0 Å². The monoisotopic (exact) mass is 428 g/mol. The summed E-state index contributed by atoms with van der Waals surface area (Å²) in [6.45, 7) is 4.66. The number of anilines is 1. The van der Waals surface area contributed by atoms with Crippen LogP contribution >= 0.6 is 0 Å². The van der Waals surface area contributed by atoms with E-state index in [1.165, 1.54) is 12.8 Å². The Morgan fingerprint density at radius 3 is 2.72 bits per heavy atom. The third kappa shape index (κ3) is 3.44. The number of benzene rings is 1. The van der Waals surface area contributed by atoms with E-state index in [4.69, 9.17) is 0 Å². The average molecular weight is 429 g/mol. The number of piperazine rings is 1. The van der Waals surface area contributed by atoms with Crippen molar-refractivity contribution in [1.82, 2.24) is 35.3 Å². The molecule has 6 rings (SSSR count). The zero-order valence-electron chi connectivity index (χ0n) is 17.8.